The van der Waals surface area contributed by atoms with Gasteiger partial charge in [0.25, 0.3) is 11.7 Å². The third-order valence-electron chi connectivity index (χ3n) is 2.38. The number of aliphatic hydroxyl groups excluding tert-OH is 1. The Morgan fingerprint density at radius 2 is 2.12 bits per heavy atom. The van der Waals surface area contributed by atoms with Gasteiger partial charge in [0.15, 0.2) is 0 Å². The van der Waals surface area contributed by atoms with Crippen molar-refractivity contribution in [2.75, 3.05) is 11.4 Å². The molecule has 0 radical (unpaired) electrons. The number of hydrogen-bond acceptors (Lipinski definition) is 3. The highest BCUT2D eigenvalue weighted by atomic mass is 35.5. The Hall–Kier alpha value is -1.39. The van der Waals surface area contributed by atoms with E-state index >= 15 is 0 Å². The SMILES string of the molecule is CC(O)CN1C(=O)C(=O)c2cc(Cl)ccc21. The fourth-order valence-corrected chi connectivity index (χ4v) is 1.89. The summed E-state index contributed by atoms with van der Waals surface area (Å²) in [6.07, 6.45) is -0.682. The van der Waals surface area contributed by atoms with E-state index in [1.807, 2.05) is 0 Å². The van der Waals surface area contributed by atoms with Crippen LogP contribution in [0.2, 0.25) is 5.02 Å². The smallest absolute Gasteiger partial charge is 0.299 e. The van der Waals surface area contributed by atoms with E-state index in [2.05, 4.69) is 0 Å². The number of benzene rings is 1. The van der Waals surface area contributed by atoms with E-state index in [9.17, 15) is 14.7 Å². The van der Waals surface area contributed by atoms with Gasteiger partial charge in [-0.2, -0.15) is 0 Å². The van der Waals surface area contributed by atoms with Crippen LogP contribution in [0.3, 0.4) is 0 Å². The molecular formula is C11H10ClNO3. The molecule has 1 heterocycles. The maximum Gasteiger partial charge on any atom is 0.299 e. The van der Waals surface area contributed by atoms with Crippen molar-refractivity contribution < 1.29 is 14.7 Å². The molecule has 16 heavy (non-hydrogen) atoms. The molecule has 1 aromatic carbocycles. The second-order valence-corrected chi connectivity index (χ2v) is 4.19. The molecule has 1 aliphatic heterocycles. The molecule has 4 nitrogen and oxygen atoms in total. The lowest BCUT2D eigenvalue weighted by molar-refractivity contribution is -0.114. The molecule has 0 aliphatic carbocycles. The zero-order chi connectivity index (χ0) is 11.9. The highest BCUT2D eigenvalue weighted by Gasteiger charge is 2.36. The molecule has 0 spiro atoms. The maximum absolute atomic E-state index is 11.6. The molecular weight excluding hydrogens is 230 g/mol. The summed E-state index contributed by atoms with van der Waals surface area (Å²) in [7, 11) is 0. The van der Waals surface area contributed by atoms with Gasteiger partial charge in [0, 0.05) is 5.02 Å². The molecule has 0 saturated heterocycles. The first kappa shape index (κ1) is 11.1. The van der Waals surface area contributed by atoms with Crippen LogP contribution in [0.1, 0.15) is 17.3 Å². The molecule has 1 amide bonds. The van der Waals surface area contributed by atoms with Gasteiger partial charge < -0.3 is 10.0 Å². The van der Waals surface area contributed by atoms with Gasteiger partial charge >= 0.3 is 0 Å². The van der Waals surface area contributed by atoms with E-state index in [0.717, 1.165) is 0 Å². The Bertz CT molecular complexity index is 470. The van der Waals surface area contributed by atoms with Crippen molar-refractivity contribution in [3.63, 3.8) is 0 Å². The monoisotopic (exact) mass is 239 g/mol. The van der Waals surface area contributed by atoms with E-state index in [1.54, 1.807) is 19.1 Å². The van der Waals surface area contributed by atoms with Crippen molar-refractivity contribution >= 4 is 29.0 Å². The summed E-state index contributed by atoms with van der Waals surface area (Å²) in [5.74, 6) is -1.18. The molecule has 84 valence electrons. The quantitative estimate of drug-likeness (QED) is 0.791. The molecule has 1 unspecified atom stereocenters. The molecule has 0 bridgehead atoms. The zero-order valence-electron chi connectivity index (χ0n) is 8.61. The number of ketones is 1. The Morgan fingerprint density at radius 3 is 2.75 bits per heavy atom. The number of β-amino-alcohol motifs (C(OH)–C–C–N with tert-alkyl or cyclic N) is 1. The first-order valence-electron chi connectivity index (χ1n) is 4.84. The first-order chi connectivity index (χ1) is 7.50. The number of carbonyl (C=O) groups is 2. The number of amides is 1. The fraction of sp³-hybridized carbons (Fsp3) is 0.273. The first-order valence-corrected chi connectivity index (χ1v) is 5.22. The highest BCUT2D eigenvalue weighted by Crippen LogP contribution is 2.31. The van der Waals surface area contributed by atoms with Gasteiger partial charge in [-0.25, -0.2) is 0 Å². The number of hydrogen-bond donors (Lipinski definition) is 1. The molecule has 1 atom stereocenters. The predicted molar refractivity (Wildman–Crippen MR) is 59.8 cm³/mol. The summed E-state index contributed by atoms with van der Waals surface area (Å²) < 4.78 is 0. The number of aliphatic hydroxyl groups is 1. The molecule has 1 aromatic rings. The molecule has 1 N–H and O–H groups in total. The molecule has 0 aromatic heterocycles. The van der Waals surface area contributed by atoms with Crippen LogP contribution < -0.4 is 4.90 Å². The van der Waals surface area contributed by atoms with Crippen LogP contribution in [0.15, 0.2) is 18.2 Å². The fourth-order valence-electron chi connectivity index (χ4n) is 1.72. The van der Waals surface area contributed by atoms with Crippen LogP contribution in [0, 0.1) is 0 Å². The molecule has 0 saturated carbocycles. The lowest BCUT2D eigenvalue weighted by Gasteiger charge is -2.17. The van der Waals surface area contributed by atoms with Crippen LogP contribution in [0.5, 0.6) is 0 Å². The minimum absolute atomic E-state index is 0.110. The maximum atomic E-state index is 11.6. The Labute approximate surface area is 97.4 Å². The van der Waals surface area contributed by atoms with Gasteiger partial charge in [-0.15, -0.1) is 0 Å². The number of anilines is 1. The van der Waals surface area contributed by atoms with Gasteiger partial charge in [-0.1, -0.05) is 11.6 Å². The number of fused-ring (bicyclic) bond motifs is 1. The Balaban J connectivity index is 2.46. The second kappa shape index (κ2) is 3.88. The van der Waals surface area contributed by atoms with Crippen molar-refractivity contribution in [1.29, 1.82) is 0 Å². The average molecular weight is 240 g/mol. The number of nitrogens with zero attached hydrogens (tertiary/aromatic N) is 1. The Morgan fingerprint density at radius 1 is 1.44 bits per heavy atom. The lowest BCUT2D eigenvalue weighted by atomic mass is 10.1. The van der Waals surface area contributed by atoms with Crippen molar-refractivity contribution in [3.05, 3.63) is 28.8 Å². The zero-order valence-corrected chi connectivity index (χ0v) is 9.36. The minimum atomic E-state index is -0.682. The van der Waals surface area contributed by atoms with E-state index in [0.29, 0.717) is 16.3 Å². The van der Waals surface area contributed by atoms with Gasteiger partial charge in [0.1, 0.15) is 0 Å². The molecule has 1 aliphatic rings. The van der Waals surface area contributed by atoms with Crippen LogP contribution in [0.4, 0.5) is 5.69 Å². The highest BCUT2D eigenvalue weighted by molar-refractivity contribution is 6.52. The summed E-state index contributed by atoms with van der Waals surface area (Å²) in [5, 5.41) is 9.68. The van der Waals surface area contributed by atoms with Gasteiger partial charge in [0.2, 0.25) is 0 Å². The van der Waals surface area contributed by atoms with Crippen LogP contribution >= 0.6 is 11.6 Å². The number of halogens is 1. The number of rotatable bonds is 2. The van der Waals surface area contributed by atoms with Crippen molar-refractivity contribution in [1.82, 2.24) is 0 Å². The topological polar surface area (TPSA) is 57.6 Å². The van der Waals surface area contributed by atoms with Crippen LogP contribution in [-0.4, -0.2) is 29.4 Å². The van der Waals surface area contributed by atoms with Crippen molar-refractivity contribution in [2.24, 2.45) is 0 Å². The van der Waals surface area contributed by atoms with E-state index < -0.39 is 17.8 Å². The van der Waals surface area contributed by atoms with Crippen LogP contribution in [0.25, 0.3) is 0 Å². The lowest BCUT2D eigenvalue weighted by Crippen LogP contribution is -2.35. The largest absolute Gasteiger partial charge is 0.392 e. The van der Waals surface area contributed by atoms with Crippen LogP contribution in [-0.2, 0) is 4.79 Å². The second-order valence-electron chi connectivity index (χ2n) is 3.76. The third kappa shape index (κ3) is 1.70. The van der Waals surface area contributed by atoms with Gasteiger partial charge in [-0.3, -0.25) is 9.59 Å². The normalized spacial score (nSPS) is 16.6. The summed E-state index contributed by atoms with van der Waals surface area (Å²) >= 11 is 5.76. The minimum Gasteiger partial charge on any atom is -0.392 e. The number of Topliss-reactive ketones (excluding diaryl/α,β-unsaturated/α-hetero) is 1. The van der Waals surface area contributed by atoms with E-state index in [-0.39, 0.29) is 6.54 Å². The Kier molecular flexibility index (Phi) is 2.69. The predicted octanol–water partition coefficient (Wildman–Crippen LogP) is 1.25. The third-order valence-corrected chi connectivity index (χ3v) is 2.62. The summed E-state index contributed by atoms with van der Waals surface area (Å²) in [4.78, 5) is 24.5. The molecule has 2 rings (SSSR count). The number of carbonyl (C=O) groups excluding carboxylic acids is 2. The standard InChI is InChI=1S/C11H10ClNO3/c1-6(14)5-13-9-3-2-7(12)4-8(9)10(15)11(13)16/h2-4,6,14H,5H2,1H3. The molecule has 0 fully saturated rings. The van der Waals surface area contributed by atoms with Crippen molar-refractivity contribution in [2.45, 2.75) is 13.0 Å². The summed E-state index contributed by atoms with van der Waals surface area (Å²) in [5.41, 5.74) is 0.818. The average Bonchev–Trinajstić information content (AvgIpc) is 2.43. The van der Waals surface area contributed by atoms with Gasteiger partial charge in [-0.05, 0) is 25.1 Å². The molecule has 5 heteroatoms. The van der Waals surface area contributed by atoms with E-state index in [1.165, 1.54) is 11.0 Å². The van der Waals surface area contributed by atoms with Crippen molar-refractivity contribution in [3.8, 4) is 0 Å². The summed E-state index contributed by atoms with van der Waals surface area (Å²) in [6, 6.07) is 4.70. The van der Waals surface area contributed by atoms with E-state index in [4.69, 9.17) is 11.6 Å². The van der Waals surface area contributed by atoms with Gasteiger partial charge in [0.05, 0.1) is 23.9 Å². The summed E-state index contributed by atoms with van der Waals surface area (Å²) in [6.45, 7) is 1.67.